The summed E-state index contributed by atoms with van der Waals surface area (Å²) < 4.78 is 38.6. The minimum absolute atomic E-state index is 0.0726. The highest BCUT2D eigenvalue weighted by molar-refractivity contribution is 7.91. The fraction of sp³-hybridized carbons (Fsp3) is 0.487. The first-order valence-corrected chi connectivity index (χ1v) is 19.7. The van der Waals surface area contributed by atoms with E-state index in [4.69, 9.17) is 9.47 Å². The second-order valence-corrected chi connectivity index (χ2v) is 18.2. The van der Waals surface area contributed by atoms with Gasteiger partial charge in [-0.2, -0.15) is 0 Å². The molecule has 5 atom stereocenters. The van der Waals surface area contributed by atoms with Gasteiger partial charge in [0, 0.05) is 23.5 Å². The van der Waals surface area contributed by atoms with Crippen molar-refractivity contribution in [2.45, 2.75) is 102 Å². The predicted octanol–water partition coefficient (Wildman–Crippen LogP) is 4.04. The van der Waals surface area contributed by atoms with Gasteiger partial charge in [0.05, 0.1) is 17.5 Å². The molecule has 2 aliphatic carbocycles. The van der Waals surface area contributed by atoms with Gasteiger partial charge in [0.15, 0.2) is 5.78 Å². The van der Waals surface area contributed by atoms with Crippen LogP contribution < -0.4 is 20.7 Å². The highest BCUT2D eigenvalue weighted by atomic mass is 32.2. The van der Waals surface area contributed by atoms with Crippen molar-refractivity contribution in [2.24, 2.45) is 11.3 Å². The number of likely N-dealkylation sites (tertiary alicyclic amines) is 1. The van der Waals surface area contributed by atoms with E-state index in [1.807, 2.05) is 0 Å². The fourth-order valence-electron chi connectivity index (χ4n) is 6.46. The van der Waals surface area contributed by atoms with E-state index >= 15 is 0 Å². The summed E-state index contributed by atoms with van der Waals surface area (Å²) in [5.74, 6) is -3.33. The molecule has 0 spiro atoms. The summed E-state index contributed by atoms with van der Waals surface area (Å²) in [6.45, 7) is 13.6. The number of ether oxygens (including phenoxy) is 2. The van der Waals surface area contributed by atoms with Gasteiger partial charge < -0.3 is 25.0 Å². The summed E-state index contributed by atoms with van der Waals surface area (Å²) in [5.41, 5.74) is -2.63. The second-order valence-electron chi connectivity index (χ2n) is 16.3. The minimum Gasteiger partial charge on any atom is -0.444 e. The summed E-state index contributed by atoms with van der Waals surface area (Å²) in [5, 5.41) is 7.23. The maximum atomic E-state index is 14.4. The van der Waals surface area contributed by atoms with E-state index in [-0.39, 0.29) is 36.4 Å². The molecular formula is C39H49N5O10S. The van der Waals surface area contributed by atoms with Crippen LogP contribution in [-0.4, -0.2) is 90.1 Å². The van der Waals surface area contributed by atoms with Crippen LogP contribution in [0.15, 0.2) is 67.3 Å². The number of sulfonamides is 1. The number of nitrogens with zero attached hydrogens (tertiary/aromatic N) is 1. The van der Waals surface area contributed by atoms with Gasteiger partial charge in [-0.25, -0.2) is 18.0 Å². The first kappa shape index (κ1) is 40.9. The van der Waals surface area contributed by atoms with Crippen molar-refractivity contribution in [3.8, 4) is 0 Å². The SMILES string of the molecule is C=CC1C[C@]1(NC(=O)[C@@H]1C[C@@H](OC(=O)Nc2ccccc2C(=O)c2ccccc2)CN1C(=O)[C@@H](NC(=O)OC(C)(C)C)C(C)(C)C)C(=O)NS(=O)(=O)C1CC1. The molecule has 2 saturated carbocycles. The Hall–Kier alpha value is -5.25. The molecule has 296 valence electrons. The number of alkyl carbamates (subject to hydrolysis) is 1. The normalized spacial score (nSPS) is 22.7. The van der Waals surface area contributed by atoms with Crippen LogP contribution in [0, 0.1) is 11.3 Å². The molecule has 3 fully saturated rings. The summed E-state index contributed by atoms with van der Waals surface area (Å²) in [4.78, 5) is 82.7. The van der Waals surface area contributed by atoms with E-state index in [2.05, 4.69) is 27.3 Å². The zero-order valence-corrected chi connectivity index (χ0v) is 32.7. The van der Waals surface area contributed by atoms with Gasteiger partial charge in [-0.05, 0) is 57.6 Å². The average Bonchev–Trinajstić information content (AvgIpc) is 4.03. The van der Waals surface area contributed by atoms with Crippen LogP contribution in [-0.2, 0) is 33.9 Å². The molecule has 55 heavy (non-hydrogen) atoms. The quantitative estimate of drug-likeness (QED) is 0.180. The first-order valence-electron chi connectivity index (χ1n) is 18.1. The number of hydrogen-bond acceptors (Lipinski definition) is 10. The average molecular weight is 780 g/mol. The number of rotatable bonds is 12. The van der Waals surface area contributed by atoms with Crippen molar-refractivity contribution < 1.29 is 46.7 Å². The van der Waals surface area contributed by atoms with E-state index in [9.17, 15) is 37.2 Å². The Bertz CT molecular complexity index is 1970. The van der Waals surface area contributed by atoms with Gasteiger partial charge in [-0.1, -0.05) is 69.3 Å². The number of carbonyl (C=O) groups excluding carboxylic acids is 6. The van der Waals surface area contributed by atoms with Crippen molar-refractivity contribution in [3.63, 3.8) is 0 Å². The number of ketones is 1. The van der Waals surface area contributed by atoms with Crippen molar-refractivity contribution >= 4 is 51.4 Å². The lowest BCUT2D eigenvalue weighted by Gasteiger charge is -2.36. The van der Waals surface area contributed by atoms with E-state index in [1.165, 1.54) is 17.0 Å². The maximum Gasteiger partial charge on any atom is 0.411 e. The van der Waals surface area contributed by atoms with Crippen molar-refractivity contribution in [2.75, 3.05) is 11.9 Å². The molecule has 0 radical (unpaired) electrons. The number of benzene rings is 2. The number of carbonyl (C=O) groups is 6. The van der Waals surface area contributed by atoms with Crippen LogP contribution in [0.3, 0.4) is 0 Å². The van der Waals surface area contributed by atoms with Gasteiger partial charge in [-0.3, -0.25) is 29.2 Å². The molecule has 5 amide bonds. The summed E-state index contributed by atoms with van der Waals surface area (Å²) >= 11 is 0. The topological polar surface area (TPSA) is 206 Å². The molecule has 0 aromatic heterocycles. The zero-order chi connectivity index (χ0) is 40.5. The Morgan fingerprint density at radius 1 is 0.927 bits per heavy atom. The summed E-state index contributed by atoms with van der Waals surface area (Å²) in [7, 11) is -3.95. The number of amides is 5. The van der Waals surface area contributed by atoms with Crippen LogP contribution in [0.1, 0.15) is 83.1 Å². The molecule has 1 aliphatic heterocycles. The molecule has 2 aromatic carbocycles. The molecule has 1 unspecified atom stereocenters. The standard InChI is InChI=1S/C39H49N5O10S/c1-8-24-21-39(24,34(48)43-55(51,52)26-18-19-26)42-32(46)29-20-25(22-44(29)33(47)31(37(2,3)4)41-36(50)54-38(5,6)7)53-35(49)40-28-17-13-12-16-27(28)30(45)23-14-10-9-11-15-23/h8-17,24-26,29,31H,1,18-22H2,2-7H3,(H,40,49)(H,41,50)(H,42,46)(H,43,48)/t24?,25-,29+,31-,39-/m1/s1. The third-order valence-corrected chi connectivity index (χ3v) is 11.4. The van der Waals surface area contributed by atoms with Gasteiger partial charge in [0.2, 0.25) is 21.8 Å². The lowest BCUT2D eigenvalue weighted by molar-refractivity contribution is -0.143. The Kier molecular flexibility index (Phi) is 11.5. The molecule has 0 bridgehead atoms. The highest BCUT2D eigenvalue weighted by Gasteiger charge is 2.62. The van der Waals surface area contributed by atoms with Crippen LogP contribution in [0.2, 0.25) is 0 Å². The maximum absolute atomic E-state index is 14.4. The molecule has 2 aromatic rings. The Morgan fingerprint density at radius 2 is 1.56 bits per heavy atom. The Morgan fingerprint density at radius 3 is 2.15 bits per heavy atom. The van der Waals surface area contributed by atoms with Crippen LogP contribution in [0.4, 0.5) is 15.3 Å². The monoisotopic (exact) mass is 779 g/mol. The number of nitrogens with one attached hydrogen (secondary N) is 4. The van der Waals surface area contributed by atoms with E-state index in [0.29, 0.717) is 18.4 Å². The minimum atomic E-state index is -3.95. The second kappa shape index (κ2) is 15.5. The molecule has 5 rings (SSSR count). The van der Waals surface area contributed by atoms with E-state index < -0.39 is 85.8 Å². The lowest BCUT2D eigenvalue weighted by atomic mass is 9.85. The van der Waals surface area contributed by atoms with E-state index in [0.717, 1.165) is 0 Å². The zero-order valence-electron chi connectivity index (χ0n) is 31.8. The van der Waals surface area contributed by atoms with Crippen molar-refractivity contribution in [3.05, 3.63) is 78.4 Å². The van der Waals surface area contributed by atoms with E-state index in [1.54, 1.807) is 90.1 Å². The first-order chi connectivity index (χ1) is 25.6. The summed E-state index contributed by atoms with van der Waals surface area (Å²) in [6, 6.07) is 12.3. The highest BCUT2D eigenvalue weighted by Crippen LogP contribution is 2.45. The van der Waals surface area contributed by atoms with Crippen molar-refractivity contribution in [1.29, 1.82) is 0 Å². The molecule has 15 nitrogen and oxygen atoms in total. The molecular weight excluding hydrogens is 731 g/mol. The lowest BCUT2D eigenvalue weighted by Crippen LogP contribution is -2.60. The molecule has 16 heteroatoms. The Labute approximate surface area is 321 Å². The number of hydrogen-bond donors (Lipinski definition) is 4. The number of anilines is 1. The Balaban J connectivity index is 1.39. The van der Waals surface area contributed by atoms with Gasteiger partial charge in [0.1, 0.15) is 29.3 Å². The smallest absolute Gasteiger partial charge is 0.411 e. The third-order valence-electron chi connectivity index (χ3n) is 9.59. The number of para-hydroxylation sites is 1. The largest absolute Gasteiger partial charge is 0.444 e. The fourth-order valence-corrected chi connectivity index (χ4v) is 7.82. The third kappa shape index (κ3) is 9.71. The van der Waals surface area contributed by atoms with Crippen LogP contribution >= 0.6 is 0 Å². The van der Waals surface area contributed by atoms with Gasteiger partial charge in [-0.15, -0.1) is 6.58 Å². The van der Waals surface area contributed by atoms with Crippen LogP contribution in [0.25, 0.3) is 0 Å². The van der Waals surface area contributed by atoms with Gasteiger partial charge in [0.25, 0.3) is 5.91 Å². The molecule has 3 aliphatic rings. The molecule has 4 N–H and O–H groups in total. The van der Waals surface area contributed by atoms with Crippen LogP contribution in [0.5, 0.6) is 0 Å². The van der Waals surface area contributed by atoms with Gasteiger partial charge >= 0.3 is 12.2 Å². The predicted molar refractivity (Wildman–Crippen MR) is 202 cm³/mol. The summed E-state index contributed by atoms with van der Waals surface area (Å²) in [6.07, 6.45) is -0.744. The molecule has 1 heterocycles. The molecule has 1 saturated heterocycles. The van der Waals surface area contributed by atoms with Crippen molar-refractivity contribution in [1.82, 2.24) is 20.3 Å².